The van der Waals surface area contributed by atoms with Crippen molar-refractivity contribution in [1.29, 1.82) is 0 Å². The second-order valence-electron chi connectivity index (χ2n) is 6.95. The molecule has 0 radical (unpaired) electrons. The zero-order valence-corrected chi connectivity index (χ0v) is 15.5. The van der Waals surface area contributed by atoms with Gasteiger partial charge >= 0.3 is 0 Å². The molecule has 126 valence electrons. The summed E-state index contributed by atoms with van der Waals surface area (Å²) < 4.78 is 28.5. The van der Waals surface area contributed by atoms with Crippen LogP contribution in [0.3, 0.4) is 0 Å². The van der Waals surface area contributed by atoms with Crippen LogP contribution < -0.4 is 0 Å². The molecule has 0 fully saturated rings. The lowest BCUT2D eigenvalue weighted by atomic mass is 9.87. The summed E-state index contributed by atoms with van der Waals surface area (Å²) in [6.07, 6.45) is 1.85. The first-order valence-electron chi connectivity index (χ1n) is 7.58. The summed E-state index contributed by atoms with van der Waals surface area (Å²) in [4.78, 5) is 0.314. The van der Waals surface area contributed by atoms with E-state index in [1.165, 1.54) is 4.31 Å². The van der Waals surface area contributed by atoms with Crippen molar-refractivity contribution in [1.82, 2.24) is 14.1 Å². The summed E-state index contributed by atoms with van der Waals surface area (Å²) in [6, 6.07) is 7.14. The van der Waals surface area contributed by atoms with Gasteiger partial charge in [0.05, 0.1) is 10.6 Å². The van der Waals surface area contributed by atoms with Crippen molar-refractivity contribution in [2.24, 2.45) is 7.05 Å². The highest BCUT2D eigenvalue weighted by atomic mass is 32.2. The van der Waals surface area contributed by atoms with E-state index in [9.17, 15) is 8.42 Å². The maximum Gasteiger partial charge on any atom is 0.243 e. The second-order valence-corrected chi connectivity index (χ2v) is 8.99. The van der Waals surface area contributed by atoms with Gasteiger partial charge in [0.1, 0.15) is 0 Å². The molecule has 0 saturated carbocycles. The lowest BCUT2D eigenvalue weighted by Crippen LogP contribution is -2.26. The van der Waals surface area contributed by atoms with Crippen LogP contribution in [0.2, 0.25) is 0 Å². The van der Waals surface area contributed by atoms with E-state index < -0.39 is 10.0 Å². The number of aryl methyl sites for hydroxylation is 2. The van der Waals surface area contributed by atoms with Crippen LogP contribution in [0.15, 0.2) is 35.4 Å². The molecule has 6 heteroatoms. The minimum Gasteiger partial charge on any atom is -0.275 e. The lowest BCUT2D eigenvalue weighted by molar-refractivity contribution is 0.465. The normalized spacial score (nSPS) is 12.8. The minimum absolute atomic E-state index is 0.00101. The van der Waals surface area contributed by atoms with Crippen molar-refractivity contribution < 1.29 is 8.42 Å². The number of rotatable bonds is 4. The minimum atomic E-state index is -3.51. The Bertz CT molecular complexity index is 784. The SMILES string of the molecule is Cc1nn(C)cc1CN(C)S(=O)(=O)c1ccc(C(C)(C)C)cc1. The molecular weight excluding hydrogens is 310 g/mol. The van der Waals surface area contributed by atoms with E-state index in [1.54, 1.807) is 23.9 Å². The second kappa shape index (κ2) is 6.09. The van der Waals surface area contributed by atoms with Crippen molar-refractivity contribution >= 4 is 10.0 Å². The van der Waals surface area contributed by atoms with Crippen LogP contribution in [-0.2, 0) is 29.0 Å². The average Bonchev–Trinajstić information content (AvgIpc) is 2.76. The standard InChI is InChI=1S/C17H25N3O2S/c1-13-14(11-19(5)18-13)12-20(6)23(21,22)16-9-7-15(8-10-16)17(2,3)4/h7-11H,12H2,1-6H3. The molecule has 1 aromatic carbocycles. The Morgan fingerprint density at radius 1 is 1.17 bits per heavy atom. The van der Waals surface area contributed by atoms with E-state index in [0.29, 0.717) is 11.4 Å². The molecule has 1 aromatic heterocycles. The Morgan fingerprint density at radius 2 is 1.74 bits per heavy atom. The van der Waals surface area contributed by atoms with Crippen molar-refractivity contribution in [2.75, 3.05) is 7.05 Å². The van der Waals surface area contributed by atoms with E-state index in [1.807, 2.05) is 32.3 Å². The van der Waals surface area contributed by atoms with Gasteiger partial charge in [0.2, 0.25) is 10.0 Å². The van der Waals surface area contributed by atoms with Crippen LogP contribution in [0.1, 0.15) is 37.6 Å². The monoisotopic (exact) mass is 335 g/mol. The fraction of sp³-hybridized carbons (Fsp3) is 0.471. The Labute approximate surface area is 139 Å². The molecule has 0 unspecified atom stereocenters. The van der Waals surface area contributed by atoms with Crippen LogP contribution >= 0.6 is 0 Å². The molecule has 0 saturated heterocycles. The van der Waals surface area contributed by atoms with E-state index in [-0.39, 0.29) is 5.41 Å². The predicted octanol–water partition coefficient (Wildman–Crippen LogP) is 2.85. The maximum absolute atomic E-state index is 12.7. The lowest BCUT2D eigenvalue weighted by Gasteiger charge is -2.20. The molecule has 0 aliphatic carbocycles. The molecule has 0 aliphatic rings. The predicted molar refractivity (Wildman–Crippen MR) is 91.7 cm³/mol. The highest BCUT2D eigenvalue weighted by molar-refractivity contribution is 7.89. The van der Waals surface area contributed by atoms with E-state index in [4.69, 9.17) is 0 Å². The van der Waals surface area contributed by atoms with Gasteiger partial charge in [-0.2, -0.15) is 9.40 Å². The topological polar surface area (TPSA) is 55.2 Å². The van der Waals surface area contributed by atoms with Gasteiger partial charge in [-0.05, 0) is 30.0 Å². The molecular formula is C17H25N3O2S. The maximum atomic E-state index is 12.7. The fourth-order valence-electron chi connectivity index (χ4n) is 2.44. The van der Waals surface area contributed by atoms with Gasteiger partial charge in [-0.15, -0.1) is 0 Å². The van der Waals surface area contributed by atoms with E-state index in [2.05, 4.69) is 25.9 Å². The summed E-state index contributed by atoms with van der Waals surface area (Å²) in [5.74, 6) is 0. The van der Waals surface area contributed by atoms with Crippen molar-refractivity contribution in [3.8, 4) is 0 Å². The summed E-state index contributed by atoms with van der Waals surface area (Å²) in [5, 5.41) is 4.25. The summed E-state index contributed by atoms with van der Waals surface area (Å²) in [6.45, 7) is 8.51. The Kier molecular flexibility index (Phi) is 4.69. The molecule has 0 aliphatic heterocycles. The third-order valence-corrected chi connectivity index (χ3v) is 5.75. The molecule has 1 heterocycles. The first kappa shape index (κ1) is 17.7. The molecule has 0 atom stereocenters. The van der Waals surface area contributed by atoms with Crippen LogP contribution in [0.5, 0.6) is 0 Å². The van der Waals surface area contributed by atoms with E-state index >= 15 is 0 Å². The van der Waals surface area contributed by atoms with Gasteiger partial charge in [0, 0.05) is 32.4 Å². The third-order valence-electron chi connectivity index (χ3n) is 3.94. The van der Waals surface area contributed by atoms with Crippen molar-refractivity contribution in [2.45, 2.75) is 44.6 Å². The van der Waals surface area contributed by atoms with Crippen LogP contribution in [0, 0.1) is 6.92 Å². The quantitative estimate of drug-likeness (QED) is 0.863. The third kappa shape index (κ3) is 3.82. The molecule has 2 aromatic rings. The van der Waals surface area contributed by atoms with Crippen LogP contribution in [-0.4, -0.2) is 29.6 Å². The molecule has 0 spiro atoms. The molecule has 0 bridgehead atoms. The number of nitrogens with zero attached hydrogens (tertiary/aromatic N) is 3. The van der Waals surface area contributed by atoms with Crippen molar-refractivity contribution in [3.05, 3.63) is 47.3 Å². The molecule has 2 rings (SSSR count). The average molecular weight is 335 g/mol. The Morgan fingerprint density at radius 3 is 2.17 bits per heavy atom. The molecule has 5 nitrogen and oxygen atoms in total. The zero-order chi connectivity index (χ0) is 17.4. The van der Waals surface area contributed by atoms with Crippen LogP contribution in [0.4, 0.5) is 0 Å². The van der Waals surface area contributed by atoms with Crippen molar-refractivity contribution in [3.63, 3.8) is 0 Å². The van der Waals surface area contributed by atoms with Gasteiger partial charge in [-0.3, -0.25) is 4.68 Å². The number of hydrogen-bond acceptors (Lipinski definition) is 3. The highest BCUT2D eigenvalue weighted by Crippen LogP contribution is 2.25. The summed E-state index contributed by atoms with van der Waals surface area (Å²) >= 11 is 0. The number of aromatic nitrogens is 2. The molecule has 0 amide bonds. The highest BCUT2D eigenvalue weighted by Gasteiger charge is 2.23. The smallest absolute Gasteiger partial charge is 0.243 e. The Balaban J connectivity index is 2.25. The van der Waals surface area contributed by atoms with Gasteiger partial charge in [0.15, 0.2) is 0 Å². The van der Waals surface area contributed by atoms with Gasteiger partial charge in [-0.1, -0.05) is 32.9 Å². The Hall–Kier alpha value is -1.66. The largest absolute Gasteiger partial charge is 0.275 e. The fourth-order valence-corrected chi connectivity index (χ4v) is 3.58. The van der Waals surface area contributed by atoms with Gasteiger partial charge in [0.25, 0.3) is 0 Å². The zero-order valence-electron chi connectivity index (χ0n) is 14.7. The summed E-state index contributed by atoms with van der Waals surface area (Å²) in [7, 11) is -0.0844. The summed E-state index contributed by atoms with van der Waals surface area (Å²) in [5.41, 5.74) is 2.87. The number of benzene rings is 1. The van der Waals surface area contributed by atoms with Gasteiger partial charge < -0.3 is 0 Å². The van der Waals surface area contributed by atoms with Crippen LogP contribution in [0.25, 0.3) is 0 Å². The first-order valence-corrected chi connectivity index (χ1v) is 9.02. The van der Waals surface area contributed by atoms with E-state index in [0.717, 1.165) is 16.8 Å². The number of hydrogen-bond donors (Lipinski definition) is 0. The first-order chi connectivity index (χ1) is 10.5. The van der Waals surface area contributed by atoms with Gasteiger partial charge in [-0.25, -0.2) is 8.42 Å². The molecule has 0 N–H and O–H groups in total. The molecule has 23 heavy (non-hydrogen) atoms. The number of sulfonamides is 1.